The lowest BCUT2D eigenvalue weighted by Gasteiger charge is -2.04. The van der Waals surface area contributed by atoms with Gasteiger partial charge in [-0.05, 0) is 12.1 Å². The number of hydrogen-bond donors (Lipinski definition) is 1. The molecule has 0 bridgehead atoms. The highest BCUT2D eigenvalue weighted by Gasteiger charge is 2.10. The summed E-state index contributed by atoms with van der Waals surface area (Å²) in [4.78, 5) is 15.6. The summed E-state index contributed by atoms with van der Waals surface area (Å²) < 4.78 is 5.28. The van der Waals surface area contributed by atoms with Crippen molar-refractivity contribution in [3.8, 4) is 0 Å². The fourth-order valence-corrected chi connectivity index (χ4v) is 1.98. The third-order valence-electron chi connectivity index (χ3n) is 2.11. The smallest absolute Gasteiger partial charge is 0.277 e. The van der Waals surface area contributed by atoms with E-state index in [-0.39, 0.29) is 16.8 Å². The molecule has 100 valence electrons. The normalized spacial score (nSPS) is 10.4. The predicted molar refractivity (Wildman–Crippen MR) is 72.3 cm³/mol. The Labute approximate surface area is 119 Å². The van der Waals surface area contributed by atoms with Gasteiger partial charge < -0.3 is 9.73 Å². The van der Waals surface area contributed by atoms with Crippen LogP contribution in [-0.2, 0) is 11.2 Å². The van der Waals surface area contributed by atoms with Crippen LogP contribution in [0.4, 0.5) is 5.69 Å². The van der Waals surface area contributed by atoms with Crippen LogP contribution in [0.3, 0.4) is 0 Å². The first-order chi connectivity index (χ1) is 9.19. The number of nitrogens with one attached hydrogen (secondary N) is 1. The zero-order valence-corrected chi connectivity index (χ0v) is 11.7. The van der Waals surface area contributed by atoms with Crippen molar-refractivity contribution >= 4 is 35.0 Å². The molecule has 0 fully saturated rings. The van der Waals surface area contributed by atoms with E-state index in [1.165, 1.54) is 11.8 Å². The molecule has 1 N–H and O–H groups in total. The number of thioether (sulfide) groups is 1. The zero-order valence-electron chi connectivity index (χ0n) is 10.1. The summed E-state index contributed by atoms with van der Waals surface area (Å²) in [5, 5.41) is 10.9. The number of rotatable bonds is 5. The SMILES string of the molecule is CCc1nnc(SCC(=O)Nc2cccnc2Cl)o1. The van der Waals surface area contributed by atoms with E-state index in [0.717, 1.165) is 0 Å². The molecule has 2 aromatic rings. The number of pyridine rings is 1. The fourth-order valence-electron chi connectivity index (χ4n) is 1.23. The Balaban J connectivity index is 1.86. The number of nitrogens with zero attached hydrogens (tertiary/aromatic N) is 3. The van der Waals surface area contributed by atoms with E-state index in [4.69, 9.17) is 16.0 Å². The minimum absolute atomic E-state index is 0.163. The van der Waals surface area contributed by atoms with Gasteiger partial charge in [0.05, 0.1) is 11.4 Å². The summed E-state index contributed by atoms with van der Waals surface area (Å²) in [6, 6.07) is 3.37. The van der Waals surface area contributed by atoms with Crippen molar-refractivity contribution in [2.24, 2.45) is 0 Å². The van der Waals surface area contributed by atoms with E-state index >= 15 is 0 Å². The second-order valence-electron chi connectivity index (χ2n) is 3.49. The average molecular weight is 299 g/mol. The van der Waals surface area contributed by atoms with E-state index in [9.17, 15) is 4.79 Å². The van der Waals surface area contributed by atoms with Crippen molar-refractivity contribution in [2.75, 3.05) is 11.1 Å². The summed E-state index contributed by atoms with van der Waals surface area (Å²) in [5.74, 6) is 0.505. The number of carbonyl (C=O) groups excluding carboxylic acids is 1. The molecule has 0 saturated heterocycles. The predicted octanol–water partition coefficient (Wildman–Crippen LogP) is 2.41. The van der Waals surface area contributed by atoms with E-state index in [2.05, 4.69) is 20.5 Å². The first kappa shape index (κ1) is 13.8. The minimum atomic E-state index is -0.212. The highest BCUT2D eigenvalue weighted by Crippen LogP contribution is 2.19. The van der Waals surface area contributed by atoms with Crippen LogP contribution in [0.2, 0.25) is 5.15 Å². The number of aryl methyl sites for hydroxylation is 1. The molecule has 2 aromatic heterocycles. The number of anilines is 1. The van der Waals surface area contributed by atoms with Crippen molar-refractivity contribution in [2.45, 2.75) is 18.6 Å². The Morgan fingerprint density at radius 2 is 2.37 bits per heavy atom. The van der Waals surface area contributed by atoms with E-state index < -0.39 is 0 Å². The molecular weight excluding hydrogens is 288 g/mol. The van der Waals surface area contributed by atoms with Crippen molar-refractivity contribution in [1.82, 2.24) is 15.2 Å². The lowest BCUT2D eigenvalue weighted by molar-refractivity contribution is -0.113. The molecule has 0 atom stereocenters. The second-order valence-corrected chi connectivity index (χ2v) is 4.78. The molecule has 0 aliphatic heterocycles. The molecule has 0 spiro atoms. The number of carbonyl (C=O) groups is 1. The third-order valence-corrected chi connectivity index (χ3v) is 3.23. The zero-order chi connectivity index (χ0) is 13.7. The average Bonchev–Trinajstić information content (AvgIpc) is 2.87. The minimum Gasteiger partial charge on any atom is -0.416 e. The van der Waals surface area contributed by atoms with Gasteiger partial charge in [-0.2, -0.15) is 0 Å². The van der Waals surface area contributed by atoms with Gasteiger partial charge in [0.2, 0.25) is 11.8 Å². The Morgan fingerprint density at radius 1 is 1.53 bits per heavy atom. The summed E-state index contributed by atoms with van der Waals surface area (Å²) in [5.41, 5.74) is 0.481. The Bertz CT molecular complexity index is 575. The maximum atomic E-state index is 11.7. The summed E-state index contributed by atoms with van der Waals surface area (Å²) in [6.45, 7) is 1.92. The molecule has 0 saturated carbocycles. The molecule has 0 unspecified atom stereocenters. The van der Waals surface area contributed by atoms with Crippen LogP contribution in [0.1, 0.15) is 12.8 Å². The van der Waals surface area contributed by atoms with Crippen molar-refractivity contribution in [1.29, 1.82) is 0 Å². The van der Waals surface area contributed by atoms with Crippen LogP contribution in [-0.4, -0.2) is 26.8 Å². The molecule has 2 heterocycles. The number of halogens is 1. The highest BCUT2D eigenvalue weighted by atomic mass is 35.5. The lowest BCUT2D eigenvalue weighted by atomic mass is 10.4. The van der Waals surface area contributed by atoms with Gasteiger partial charge in [-0.3, -0.25) is 4.79 Å². The molecule has 0 aliphatic carbocycles. The fraction of sp³-hybridized carbons (Fsp3) is 0.273. The molecule has 6 nitrogen and oxygen atoms in total. The van der Waals surface area contributed by atoms with E-state index in [0.29, 0.717) is 23.2 Å². The molecule has 0 radical (unpaired) electrons. The quantitative estimate of drug-likeness (QED) is 0.674. The van der Waals surface area contributed by atoms with Gasteiger partial charge in [0.1, 0.15) is 0 Å². The van der Waals surface area contributed by atoms with Crippen molar-refractivity contribution < 1.29 is 9.21 Å². The van der Waals surface area contributed by atoms with Gasteiger partial charge in [0.15, 0.2) is 5.15 Å². The molecule has 0 aliphatic rings. The standard InChI is InChI=1S/C11H11ClN4O2S/c1-2-9-15-16-11(18-9)19-6-8(17)14-7-4-3-5-13-10(7)12/h3-5H,2,6H2,1H3,(H,14,17). The van der Waals surface area contributed by atoms with Crippen LogP contribution in [0.5, 0.6) is 0 Å². The molecule has 1 amide bonds. The van der Waals surface area contributed by atoms with Gasteiger partial charge in [0, 0.05) is 12.6 Å². The number of aromatic nitrogens is 3. The lowest BCUT2D eigenvalue weighted by Crippen LogP contribution is -2.14. The molecule has 0 aromatic carbocycles. The van der Waals surface area contributed by atoms with Crippen LogP contribution in [0.15, 0.2) is 28.0 Å². The van der Waals surface area contributed by atoms with E-state index in [1.807, 2.05) is 6.92 Å². The Hall–Kier alpha value is -1.60. The Kier molecular flexibility index (Phi) is 4.75. The van der Waals surface area contributed by atoms with Gasteiger partial charge in [-0.15, -0.1) is 10.2 Å². The first-order valence-electron chi connectivity index (χ1n) is 5.54. The van der Waals surface area contributed by atoms with Crippen LogP contribution in [0.25, 0.3) is 0 Å². The molecule has 2 rings (SSSR count). The topological polar surface area (TPSA) is 80.9 Å². The number of amides is 1. The maximum absolute atomic E-state index is 11.7. The van der Waals surface area contributed by atoms with Crippen LogP contribution in [0, 0.1) is 0 Å². The third kappa shape index (κ3) is 3.93. The maximum Gasteiger partial charge on any atom is 0.277 e. The number of hydrogen-bond acceptors (Lipinski definition) is 6. The second kappa shape index (κ2) is 6.53. The molecule has 8 heteroatoms. The van der Waals surface area contributed by atoms with E-state index in [1.54, 1.807) is 18.3 Å². The highest BCUT2D eigenvalue weighted by molar-refractivity contribution is 7.99. The summed E-state index contributed by atoms with van der Waals surface area (Å²) >= 11 is 7.01. The first-order valence-corrected chi connectivity index (χ1v) is 6.91. The molecular formula is C11H11ClN4O2S. The van der Waals surface area contributed by atoms with Gasteiger partial charge in [-0.25, -0.2) is 4.98 Å². The largest absolute Gasteiger partial charge is 0.416 e. The van der Waals surface area contributed by atoms with Crippen LogP contribution < -0.4 is 5.32 Å². The van der Waals surface area contributed by atoms with Crippen LogP contribution >= 0.6 is 23.4 Å². The summed E-state index contributed by atoms with van der Waals surface area (Å²) in [6.07, 6.45) is 2.22. The van der Waals surface area contributed by atoms with Crippen molar-refractivity contribution in [3.63, 3.8) is 0 Å². The molecule has 19 heavy (non-hydrogen) atoms. The summed E-state index contributed by atoms with van der Waals surface area (Å²) in [7, 11) is 0. The monoisotopic (exact) mass is 298 g/mol. The Morgan fingerprint density at radius 3 is 3.05 bits per heavy atom. The van der Waals surface area contributed by atoms with Gasteiger partial charge >= 0.3 is 0 Å². The van der Waals surface area contributed by atoms with Gasteiger partial charge in [-0.1, -0.05) is 30.3 Å². The van der Waals surface area contributed by atoms with Gasteiger partial charge in [0.25, 0.3) is 5.22 Å². The van der Waals surface area contributed by atoms with Crippen molar-refractivity contribution in [3.05, 3.63) is 29.4 Å².